The molecule has 2 heterocycles. The van der Waals surface area contributed by atoms with Gasteiger partial charge in [-0.3, -0.25) is 9.79 Å². The standard InChI is InChI=1S/C24H25N3O/c28-24(19-13-11-17-6-1-2-7-18(17)12-14-19)27-16-20-8-5-15-25-23(20)26-21-9-3-4-10-22(21)27/h1-10,15,19-20,23,26H,11-14,16H2. The molecule has 2 unspecified atom stereocenters. The first-order chi connectivity index (χ1) is 13.8. The van der Waals surface area contributed by atoms with E-state index in [-0.39, 0.29) is 23.9 Å². The fourth-order valence-corrected chi connectivity index (χ4v) is 4.68. The number of fused-ring (bicyclic) bond motifs is 3. The van der Waals surface area contributed by atoms with Gasteiger partial charge in [0.2, 0.25) is 5.91 Å². The number of para-hydroxylation sites is 2. The summed E-state index contributed by atoms with van der Waals surface area (Å²) in [4.78, 5) is 20.3. The fraction of sp³-hybridized carbons (Fsp3) is 0.333. The quantitative estimate of drug-likeness (QED) is 0.763. The number of amides is 1. The van der Waals surface area contributed by atoms with Crippen LogP contribution in [0.2, 0.25) is 0 Å². The zero-order chi connectivity index (χ0) is 18.9. The molecule has 2 aromatic rings. The summed E-state index contributed by atoms with van der Waals surface area (Å²) in [5.74, 6) is 0.503. The van der Waals surface area contributed by atoms with Crippen LogP contribution in [0, 0.1) is 11.8 Å². The van der Waals surface area contributed by atoms with Gasteiger partial charge in [0.15, 0.2) is 0 Å². The second kappa shape index (κ2) is 7.27. The molecule has 1 amide bonds. The molecule has 5 rings (SSSR count). The Labute approximate surface area is 166 Å². The van der Waals surface area contributed by atoms with Crippen LogP contribution in [0.15, 0.2) is 65.7 Å². The number of dihydropyridines is 1. The second-order valence-corrected chi connectivity index (χ2v) is 7.95. The Morgan fingerprint density at radius 2 is 1.71 bits per heavy atom. The zero-order valence-corrected chi connectivity index (χ0v) is 15.9. The maximum atomic E-state index is 13.7. The minimum atomic E-state index is -0.0117. The highest BCUT2D eigenvalue weighted by Gasteiger charge is 2.34. The average Bonchev–Trinajstić information content (AvgIpc) is 3.05. The molecule has 0 saturated heterocycles. The highest BCUT2D eigenvalue weighted by molar-refractivity contribution is 5.98. The first-order valence-electron chi connectivity index (χ1n) is 10.2. The van der Waals surface area contributed by atoms with E-state index in [1.165, 1.54) is 11.1 Å². The lowest BCUT2D eigenvalue weighted by Gasteiger charge is -2.29. The van der Waals surface area contributed by atoms with Gasteiger partial charge in [0.1, 0.15) is 6.17 Å². The summed E-state index contributed by atoms with van der Waals surface area (Å²) in [5, 5.41) is 3.53. The molecule has 1 N–H and O–H groups in total. The maximum Gasteiger partial charge on any atom is 0.230 e. The summed E-state index contributed by atoms with van der Waals surface area (Å²) >= 11 is 0. The molecule has 2 atom stereocenters. The minimum Gasteiger partial charge on any atom is -0.362 e. The van der Waals surface area contributed by atoms with Crippen LogP contribution in [0.5, 0.6) is 0 Å². The highest BCUT2D eigenvalue weighted by Crippen LogP contribution is 2.35. The van der Waals surface area contributed by atoms with E-state index in [0.717, 1.165) is 37.1 Å². The molecule has 28 heavy (non-hydrogen) atoms. The Morgan fingerprint density at radius 1 is 1.00 bits per heavy atom. The van der Waals surface area contributed by atoms with Gasteiger partial charge >= 0.3 is 0 Å². The second-order valence-electron chi connectivity index (χ2n) is 7.95. The van der Waals surface area contributed by atoms with Crippen molar-refractivity contribution in [2.75, 3.05) is 16.8 Å². The average molecular weight is 371 g/mol. The van der Waals surface area contributed by atoms with Crippen molar-refractivity contribution >= 4 is 23.5 Å². The van der Waals surface area contributed by atoms with Crippen molar-refractivity contribution in [3.63, 3.8) is 0 Å². The molecule has 2 aromatic carbocycles. The topological polar surface area (TPSA) is 44.7 Å². The Morgan fingerprint density at radius 3 is 2.50 bits per heavy atom. The number of allylic oxidation sites excluding steroid dienone is 1. The molecule has 1 aliphatic carbocycles. The lowest BCUT2D eigenvalue weighted by molar-refractivity contribution is -0.122. The van der Waals surface area contributed by atoms with Crippen LogP contribution < -0.4 is 10.2 Å². The summed E-state index contributed by atoms with van der Waals surface area (Å²) in [6.45, 7) is 0.671. The molecule has 0 spiro atoms. The number of rotatable bonds is 1. The number of carbonyl (C=O) groups excluding carboxylic acids is 1. The fourth-order valence-electron chi connectivity index (χ4n) is 4.68. The summed E-state index contributed by atoms with van der Waals surface area (Å²) < 4.78 is 0. The van der Waals surface area contributed by atoms with Crippen molar-refractivity contribution in [3.05, 3.63) is 71.8 Å². The number of aliphatic imine (C=N–C) groups is 1. The molecular formula is C24H25N3O. The van der Waals surface area contributed by atoms with Crippen molar-refractivity contribution in [2.45, 2.75) is 31.8 Å². The van der Waals surface area contributed by atoms with Gasteiger partial charge in [0.05, 0.1) is 11.4 Å². The Bertz CT molecular complexity index is 921. The normalized spacial score (nSPS) is 23.6. The third-order valence-electron chi connectivity index (χ3n) is 6.25. The van der Waals surface area contributed by atoms with E-state index in [4.69, 9.17) is 0 Å². The molecule has 4 heteroatoms. The van der Waals surface area contributed by atoms with Crippen molar-refractivity contribution in [1.29, 1.82) is 0 Å². The van der Waals surface area contributed by atoms with E-state index in [0.29, 0.717) is 6.54 Å². The van der Waals surface area contributed by atoms with Crippen LogP contribution in [0.4, 0.5) is 11.4 Å². The van der Waals surface area contributed by atoms with Gasteiger partial charge in [-0.15, -0.1) is 0 Å². The molecule has 142 valence electrons. The van der Waals surface area contributed by atoms with Crippen LogP contribution >= 0.6 is 0 Å². The third-order valence-corrected chi connectivity index (χ3v) is 6.25. The molecule has 0 bridgehead atoms. The maximum absolute atomic E-state index is 13.7. The van der Waals surface area contributed by atoms with Gasteiger partial charge in [-0.1, -0.05) is 42.5 Å². The van der Waals surface area contributed by atoms with E-state index < -0.39 is 0 Å². The first kappa shape index (κ1) is 17.2. The highest BCUT2D eigenvalue weighted by atomic mass is 16.2. The van der Waals surface area contributed by atoms with Gasteiger partial charge in [-0.05, 0) is 55.0 Å². The van der Waals surface area contributed by atoms with E-state index in [2.05, 4.69) is 52.8 Å². The van der Waals surface area contributed by atoms with Crippen LogP contribution in [-0.2, 0) is 17.6 Å². The van der Waals surface area contributed by atoms with Crippen molar-refractivity contribution in [1.82, 2.24) is 0 Å². The van der Waals surface area contributed by atoms with Crippen molar-refractivity contribution in [3.8, 4) is 0 Å². The summed E-state index contributed by atoms with van der Waals surface area (Å²) in [6, 6.07) is 16.8. The number of hydrogen-bond donors (Lipinski definition) is 1. The minimum absolute atomic E-state index is 0.0117. The number of benzene rings is 2. The zero-order valence-electron chi connectivity index (χ0n) is 15.9. The van der Waals surface area contributed by atoms with E-state index >= 15 is 0 Å². The van der Waals surface area contributed by atoms with Gasteiger partial charge in [0, 0.05) is 24.6 Å². The van der Waals surface area contributed by atoms with E-state index in [9.17, 15) is 4.79 Å². The molecule has 2 aliphatic heterocycles. The predicted octanol–water partition coefficient (Wildman–Crippen LogP) is 4.22. The Kier molecular flexibility index (Phi) is 4.47. The Hall–Kier alpha value is -2.88. The SMILES string of the molecule is O=C(C1CCc2ccccc2CC1)N1CC2C=CC=NC2Nc2ccccc21. The van der Waals surface area contributed by atoms with Gasteiger partial charge in [-0.25, -0.2) is 0 Å². The lowest BCUT2D eigenvalue weighted by atomic mass is 9.96. The largest absolute Gasteiger partial charge is 0.362 e. The molecule has 3 aliphatic rings. The third kappa shape index (κ3) is 3.13. The number of aryl methyl sites for hydroxylation is 2. The molecule has 0 aromatic heterocycles. The van der Waals surface area contributed by atoms with Gasteiger partial charge in [-0.2, -0.15) is 0 Å². The molecule has 0 radical (unpaired) electrons. The predicted molar refractivity (Wildman–Crippen MR) is 114 cm³/mol. The van der Waals surface area contributed by atoms with E-state index in [1.54, 1.807) is 0 Å². The summed E-state index contributed by atoms with van der Waals surface area (Å²) in [5.41, 5.74) is 4.78. The summed E-state index contributed by atoms with van der Waals surface area (Å²) in [7, 11) is 0. The lowest BCUT2D eigenvalue weighted by Crippen LogP contribution is -2.41. The van der Waals surface area contributed by atoms with Gasteiger partial charge < -0.3 is 10.2 Å². The first-order valence-corrected chi connectivity index (χ1v) is 10.2. The van der Waals surface area contributed by atoms with Crippen molar-refractivity contribution < 1.29 is 4.79 Å². The smallest absolute Gasteiger partial charge is 0.230 e. The monoisotopic (exact) mass is 371 g/mol. The van der Waals surface area contributed by atoms with Crippen LogP contribution in [0.1, 0.15) is 24.0 Å². The molecular weight excluding hydrogens is 346 g/mol. The molecule has 0 saturated carbocycles. The number of nitrogens with zero attached hydrogens (tertiary/aromatic N) is 2. The van der Waals surface area contributed by atoms with Crippen LogP contribution in [0.3, 0.4) is 0 Å². The molecule has 0 fully saturated rings. The number of anilines is 2. The Balaban J connectivity index is 1.43. The van der Waals surface area contributed by atoms with Gasteiger partial charge in [0.25, 0.3) is 0 Å². The van der Waals surface area contributed by atoms with Crippen molar-refractivity contribution in [2.24, 2.45) is 16.8 Å². The van der Waals surface area contributed by atoms with Crippen LogP contribution in [0.25, 0.3) is 0 Å². The van der Waals surface area contributed by atoms with E-state index in [1.807, 2.05) is 29.3 Å². The van der Waals surface area contributed by atoms with Crippen LogP contribution in [-0.4, -0.2) is 24.8 Å². The summed E-state index contributed by atoms with van der Waals surface area (Å²) in [6.07, 6.45) is 9.80. The number of nitrogens with one attached hydrogen (secondary N) is 1. The number of hydrogen-bond acceptors (Lipinski definition) is 3. The molecule has 4 nitrogen and oxygen atoms in total. The number of carbonyl (C=O) groups is 1.